The van der Waals surface area contributed by atoms with Crippen LogP contribution in [-0.4, -0.2) is 26.5 Å². The molecule has 2 aromatic carbocycles. The highest BCUT2D eigenvalue weighted by atomic mass is 32.1. The minimum atomic E-state index is 0.298. The third-order valence-corrected chi connectivity index (χ3v) is 4.70. The lowest BCUT2D eigenvalue weighted by Gasteiger charge is -2.29. The van der Waals surface area contributed by atoms with Crippen LogP contribution in [0.2, 0.25) is 0 Å². The molecule has 0 spiro atoms. The van der Waals surface area contributed by atoms with Crippen molar-refractivity contribution in [2.24, 2.45) is 0 Å². The van der Waals surface area contributed by atoms with Gasteiger partial charge in [0.05, 0.1) is 5.69 Å². The van der Waals surface area contributed by atoms with E-state index in [1.54, 1.807) is 6.07 Å². The molecule has 1 aliphatic heterocycles. The van der Waals surface area contributed by atoms with Crippen molar-refractivity contribution in [2.75, 3.05) is 6.54 Å². The van der Waals surface area contributed by atoms with E-state index < -0.39 is 0 Å². The van der Waals surface area contributed by atoms with Gasteiger partial charge in [0, 0.05) is 24.0 Å². The van der Waals surface area contributed by atoms with Crippen LogP contribution in [0.1, 0.15) is 16.8 Å². The zero-order valence-electron chi connectivity index (χ0n) is 12.0. The minimum Gasteiger partial charge on any atom is -0.508 e. The Bertz CT molecular complexity index is 854. The van der Waals surface area contributed by atoms with Crippen molar-refractivity contribution in [3.63, 3.8) is 0 Å². The van der Waals surface area contributed by atoms with Crippen LogP contribution >= 0.6 is 12.2 Å². The average Bonchev–Trinajstić information content (AvgIpc) is 2.90. The molecule has 110 valence electrons. The average molecular weight is 308 g/mol. The number of rotatable bonds is 2. The van der Waals surface area contributed by atoms with Crippen LogP contribution in [-0.2, 0) is 13.0 Å². The van der Waals surface area contributed by atoms with Gasteiger partial charge in [-0.3, -0.25) is 0 Å². The van der Waals surface area contributed by atoms with E-state index in [2.05, 4.69) is 34.1 Å². The molecule has 0 unspecified atom stereocenters. The number of phenols is 1. The van der Waals surface area contributed by atoms with Gasteiger partial charge in [-0.25, -0.2) is 0 Å². The second-order valence-electron chi connectivity index (χ2n) is 5.67. The van der Waals surface area contributed by atoms with E-state index in [1.165, 1.54) is 11.1 Å². The monoisotopic (exact) mass is 308 g/mol. The third-order valence-electron chi connectivity index (χ3n) is 4.24. The molecule has 0 atom stereocenters. The summed E-state index contributed by atoms with van der Waals surface area (Å²) in [6.45, 7) is 1.74. The van der Waals surface area contributed by atoms with E-state index in [9.17, 15) is 5.11 Å². The lowest BCUT2D eigenvalue weighted by molar-refractivity contribution is 0.415. The van der Waals surface area contributed by atoms with Crippen LogP contribution in [0.4, 0.5) is 0 Å². The summed E-state index contributed by atoms with van der Waals surface area (Å²) in [5.41, 5.74) is 4.55. The summed E-state index contributed by atoms with van der Waals surface area (Å²) in [5.74, 6) is 0.298. The van der Waals surface area contributed by atoms with Gasteiger partial charge in [0.25, 0.3) is 0 Å². The van der Waals surface area contributed by atoms with Crippen molar-refractivity contribution in [1.29, 1.82) is 0 Å². The normalized spacial score (nSPS) is 14.4. The fourth-order valence-corrected chi connectivity index (χ4v) is 3.47. The van der Waals surface area contributed by atoms with Crippen molar-refractivity contribution >= 4 is 28.1 Å². The van der Waals surface area contributed by atoms with E-state index in [-0.39, 0.29) is 0 Å². The molecular formula is C18H16N2OS. The maximum absolute atomic E-state index is 9.71. The van der Waals surface area contributed by atoms with Crippen LogP contribution in [0.15, 0.2) is 48.5 Å². The highest BCUT2D eigenvalue weighted by molar-refractivity contribution is 7.80. The predicted molar refractivity (Wildman–Crippen MR) is 92.2 cm³/mol. The molecule has 0 bridgehead atoms. The summed E-state index contributed by atoms with van der Waals surface area (Å²) in [4.78, 5) is 6.51. The molecule has 4 rings (SSSR count). The van der Waals surface area contributed by atoms with Gasteiger partial charge in [-0.05, 0) is 35.7 Å². The summed E-state index contributed by atoms with van der Waals surface area (Å²) in [6, 6.07) is 15.8. The van der Waals surface area contributed by atoms with E-state index in [4.69, 9.17) is 12.2 Å². The van der Waals surface area contributed by atoms with Gasteiger partial charge in [0.15, 0.2) is 0 Å². The smallest absolute Gasteiger partial charge is 0.126 e. The number of fused-ring (bicyclic) bond motifs is 3. The molecule has 1 aliphatic rings. The molecule has 4 heteroatoms. The molecule has 3 nitrogen and oxygen atoms in total. The van der Waals surface area contributed by atoms with Crippen molar-refractivity contribution in [2.45, 2.75) is 13.0 Å². The van der Waals surface area contributed by atoms with Crippen molar-refractivity contribution < 1.29 is 5.11 Å². The van der Waals surface area contributed by atoms with Gasteiger partial charge >= 0.3 is 0 Å². The van der Waals surface area contributed by atoms with Crippen LogP contribution in [0.5, 0.6) is 5.75 Å². The van der Waals surface area contributed by atoms with Gasteiger partial charge in [-0.1, -0.05) is 42.5 Å². The number of H-pyrrole nitrogens is 1. The van der Waals surface area contributed by atoms with Crippen LogP contribution in [0.3, 0.4) is 0 Å². The lowest BCUT2D eigenvalue weighted by Crippen LogP contribution is -2.36. The fourth-order valence-electron chi connectivity index (χ4n) is 3.14. The molecule has 0 saturated heterocycles. The number of nitrogens with zero attached hydrogens (tertiary/aromatic N) is 1. The van der Waals surface area contributed by atoms with E-state index in [0.717, 1.165) is 41.1 Å². The first-order valence-electron chi connectivity index (χ1n) is 7.39. The quantitative estimate of drug-likeness (QED) is 0.710. The molecule has 2 heterocycles. The Labute approximate surface area is 134 Å². The van der Waals surface area contributed by atoms with Gasteiger partial charge < -0.3 is 15.0 Å². The van der Waals surface area contributed by atoms with Gasteiger partial charge in [0.2, 0.25) is 0 Å². The summed E-state index contributed by atoms with van der Waals surface area (Å²) < 4.78 is 0. The molecule has 22 heavy (non-hydrogen) atoms. The molecule has 0 radical (unpaired) electrons. The molecule has 0 aliphatic carbocycles. The lowest BCUT2D eigenvalue weighted by atomic mass is 10.0. The van der Waals surface area contributed by atoms with E-state index in [0.29, 0.717) is 5.75 Å². The second kappa shape index (κ2) is 5.14. The Balaban J connectivity index is 1.70. The number of nitrogens with one attached hydrogen (secondary N) is 1. The molecular weight excluding hydrogens is 292 g/mol. The van der Waals surface area contributed by atoms with Crippen molar-refractivity contribution in [1.82, 2.24) is 9.88 Å². The summed E-state index contributed by atoms with van der Waals surface area (Å²) in [6.07, 6.45) is 0.936. The maximum atomic E-state index is 9.71. The minimum absolute atomic E-state index is 0.298. The molecule has 2 N–H and O–H groups in total. The number of benzene rings is 2. The summed E-state index contributed by atoms with van der Waals surface area (Å²) in [5, 5.41) is 10.8. The van der Waals surface area contributed by atoms with Crippen LogP contribution < -0.4 is 0 Å². The Morgan fingerprint density at radius 3 is 2.77 bits per heavy atom. The topological polar surface area (TPSA) is 39.3 Å². The number of hydrogen-bond acceptors (Lipinski definition) is 2. The number of aromatic nitrogens is 1. The maximum Gasteiger partial charge on any atom is 0.126 e. The number of thiocarbonyl (C=S) groups is 1. The Kier molecular flexibility index (Phi) is 3.12. The van der Waals surface area contributed by atoms with Crippen LogP contribution in [0.25, 0.3) is 10.9 Å². The number of aromatic hydroxyl groups is 1. The number of hydrogen-bond donors (Lipinski definition) is 2. The molecule has 0 amide bonds. The first kappa shape index (κ1) is 13.3. The third kappa shape index (κ3) is 2.16. The van der Waals surface area contributed by atoms with Crippen molar-refractivity contribution in [3.8, 4) is 5.75 Å². The number of aromatic amines is 1. The predicted octanol–water partition coefficient (Wildman–Crippen LogP) is 3.61. The summed E-state index contributed by atoms with van der Waals surface area (Å²) >= 11 is 5.69. The largest absolute Gasteiger partial charge is 0.508 e. The highest BCUT2D eigenvalue weighted by Crippen LogP contribution is 2.30. The fraction of sp³-hybridized carbons (Fsp3) is 0.167. The molecule has 0 saturated carbocycles. The summed E-state index contributed by atoms with van der Waals surface area (Å²) in [7, 11) is 0. The van der Waals surface area contributed by atoms with Crippen LogP contribution in [0, 0.1) is 0 Å². The van der Waals surface area contributed by atoms with Crippen molar-refractivity contribution in [3.05, 3.63) is 65.4 Å². The molecule has 0 fully saturated rings. The molecule has 3 aromatic rings. The van der Waals surface area contributed by atoms with Gasteiger partial charge in [-0.15, -0.1) is 0 Å². The highest BCUT2D eigenvalue weighted by Gasteiger charge is 2.25. The SMILES string of the molecule is Oc1ccc2[nH]c3c(c2c1)CCN(Cc1ccccc1)C3=S. The van der Waals surface area contributed by atoms with Gasteiger partial charge in [-0.2, -0.15) is 0 Å². The zero-order chi connectivity index (χ0) is 15.1. The van der Waals surface area contributed by atoms with E-state index >= 15 is 0 Å². The Hall–Kier alpha value is -2.33. The number of phenolic OH excluding ortho intramolecular Hbond substituents is 1. The molecule has 1 aromatic heterocycles. The first-order chi connectivity index (χ1) is 10.7. The second-order valence-corrected chi connectivity index (χ2v) is 6.06. The first-order valence-corrected chi connectivity index (χ1v) is 7.80. The van der Waals surface area contributed by atoms with Gasteiger partial charge in [0.1, 0.15) is 10.7 Å². The Morgan fingerprint density at radius 1 is 1.14 bits per heavy atom. The Morgan fingerprint density at radius 2 is 1.95 bits per heavy atom. The zero-order valence-corrected chi connectivity index (χ0v) is 12.9. The van der Waals surface area contributed by atoms with E-state index in [1.807, 2.05) is 18.2 Å². The standard InChI is InChI=1S/C18H16N2OS/c21-13-6-7-16-15(10-13)14-8-9-20(18(22)17(14)19-16)11-12-4-2-1-3-5-12/h1-7,10,19,21H,8-9,11H2.